The van der Waals surface area contributed by atoms with Gasteiger partial charge in [-0.05, 0) is 68.0 Å². The molecule has 18 atom stereocenters. The Morgan fingerprint density at radius 2 is 1.54 bits per heavy atom. The number of rotatable bonds is 8. The number of ether oxygens (including phenoxy) is 6. The van der Waals surface area contributed by atoms with E-state index in [0.717, 1.165) is 0 Å². The van der Waals surface area contributed by atoms with Gasteiger partial charge >= 0.3 is 5.97 Å². The maximum atomic E-state index is 14.1. The Balaban J connectivity index is 2.22. The molecule has 0 aromatic heterocycles. The van der Waals surface area contributed by atoms with Gasteiger partial charge in [-0.15, -0.1) is 0 Å². The summed E-state index contributed by atoms with van der Waals surface area (Å²) in [5.74, 6) is -5.88. The van der Waals surface area contributed by atoms with E-state index in [0.29, 0.717) is 6.42 Å². The lowest BCUT2D eigenvalue weighted by Crippen LogP contribution is -2.61. The van der Waals surface area contributed by atoms with Crippen LogP contribution < -0.4 is 0 Å². The first-order valence-corrected chi connectivity index (χ1v) is 18.6. The summed E-state index contributed by atoms with van der Waals surface area (Å²) in [5, 5.41) is 68.5. The molecule has 0 saturated carbocycles. The molecule has 304 valence electrons. The Bertz CT molecular complexity index is 1190. The highest BCUT2D eigenvalue weighted by Crippen LogP contribution is 2.40. The van der Waals surface area contributed by atoms with Gasteiger partial charge in [0.15, 0.2) is 12.6 Å². The van der Waals surface area contributed by atoms with Crippen molar-refractivity contribution in [3.8, 4) is 0 Å². The van der Waals surface area contributed by atoms with Crippen LogP contribution in [0, 0.1) is 23.7 Å². The van der Waals surface area contributed by atoms with Gasteiger partial charge in [0.05, 0.1) is 48.3 Å². The SMILES string of the molecule is CC[C@H]1OC(=O)[C@H](CO)[C@@H](O[C@H]2C[C@@](C)(OC)[C@@H](O)[C@H](C)O2)[C@H](C)[C@@H](O[C@@H]2O[C@H](C)C[C@H](N(C)C)[C@H]2O)[C@](C)(O)C[C@@H](C)C(=O)[C@H](C)[C@@H](O)[C@]1(C)O. The normalized spacial score (nSPS) is 49.0. The molecule has 0 aromatic carbocycles. The predicted molar refractivity (Wildman–Crippen MR) is 188 cm³/mol. The van der Waals surface area contributed by atoms with Gasteiger partial charge in [0, 0.05) is 37.3 Å². The Hall–Kier alpha value is -1.34. The molecule has 3 aliphatic heterocycles. The van der Waals surface area contributed by atoms with E-state index in [1.807, 2.05) is 25.9 Å². The molecule has 0 amide bonds. The molecule has 52 heavy (non-hydrogen) atoms. The molecule has 0 spiro atoms. The van der Waals surface area contributed by atoms with Crippen LogP contribution in [-0.4, -0.2) is 159 Å². The fraction of sp³-hybridized carbons (Fsp3) is 0.946. The van der Waals surface area contributed by atoms with Crippen LogP contribution in [-0.2, 0) is 38.0 Å². The summed E-state index contributed by atoms with van der Waals surface area (Å²) < 4.78 is 36.8. The molecule has 3 saturated heterocycles. The van der Waals surface area contributed by atoms with Crippen molar-refractivity contribution in [3.63, 3.8) is 0 Å². The Labute approximate surface area is 308 Å². The summed E-state index contributed by atoms with van der Waals surface area (Å²) in [6, 6.07) is -0.364. The van der Waals surface area contributed by atoms with Gasteiger partial charge in [0.25, 0.3) is 0 Å². The number of hydrogen-bond donors (Lipinski definition) is 6. The first-order valence-electron chi connectivity index (χ1n) is 18.6. The minimum atomic E-state index is -2.08. The number of nitrogens with zero attached hydrogens (tertiary/aromatic N) is 1. The predicted octanol–water partition coefficient (Wildman–Crippen LogP) is 0.758. The number of aliphatic hydroxyl groups is 6. The van der Waals surface area contributed by atoms with E-state index in [1.165, 1.54) is 27.9 Å². The van der Waals surface area contributed by atoms with E-state index < -0.39 is 114 Å². The van der Waals surface area contributed by atoms with E-state index >= 15 is 0 Å². The van der Waals surface area contributed by atoms with Crippen molar-refractivity contribution in [2.75, 3.05) is 27.8 Å². The number of ketones is 1. The number of esters is 1. The van der Waals surface area contributed by atoms with Crippen molar-refractivity contribution >= 4 is 11.8 Å². The summed E-state index contributed by atoms with van der Waals surface area (Å²) in [6.07, 6.45) is -10.8. The third-order valence-corrected chi connectivity index (χ3v) is 11.9. The molecule has 0 aromatic rings. The Morgan fingerprint density at radius 1 is 0.923 bits per heavy atom. The van der Waals surface area contributed by atoms with Crippen LogP contribution >= 0.6 is 0 Å². The van der Waals surface area contributed by atoms with E-state index in [2.05, 4.69) is 0 Å². The fourth-order valence-corrected chi connectivity index (χ4v) is 8.46. The molecule has 3 aliphatic rings. The zero-order chi connectivity index (χ0) is 39.7. The third-order valence-electron chi connectivity index (χ3n) is 11.9. The zero-order valence-corrected chi connectivity index (χ0v) is 33.1. The maximum absolute atomic E-state index is 14.1. The van der Waals surface area contributed by atoms with E-state index in [9.17, 15) is 40.2 Å². The van der Waals surface area contributed by atoms with Gasteiger partial charge in [-0.25, -0.2) is 0 Å². The highest BCUT2D eigenvalue weighted by Gasteiger charge is 2.54. The summed E-state index contributed by atoms with van der Waals surface area (Å²) in [6.45, 7) is 13.5. The quantitative estimate of drug-likeness (QED) is 0.189. The minimum absolute atomic E-state index is 0.0156. The molecule has 3 fully saturated rings. The number of hydrogen-bond acceptors (Lipinski definition) is 15. The fourth-order valence-electron chi connectivity index (χ4n) is 8.46. The zero-order valence-electron chi connectivity index (χ0n) is 33.1. The average molecular weight is 750 g/mol. The van der Waals surface area contributed by atoms with Crippen molar-refractivity contribution in [2.24, 2.45) is 23.7 Å². The van der Waals surface area contributed by atoms with E-state index in [4.69, 9.17) is 28.4 Å². The van der Waals surface area contributed by atoms with Crippen LogP contribution in [0.15, 0.2) is 0 Å². The van der Waals surface area contributed by atoms with Crippen LogP contribution in [0.25, 0.3) is 0 Å². The first kappa shape index (κ1) is 45.1. The van der Waals surface area contributed by atoms with Crippen molar-refractivity contribution in [1.29, 1.82) is 0 Å². The number of cyclic esters (lactones) is 1. The lowest BCUT2D eigenvalue weighted by molar-refractivity contribution is -0.319. The first-order chi connectivity index (χ1) is 24.0. The lowest BCUT2D eigenvalue weighted by atomic mass is 9.74. The van der Waals surface area contributed by atoms with Crippen LogP contribution in [0.3, 0.4) is 0 Å². The third kappa shape index (κ3) is 9.54. The molecular weight excluding hydrogens is 682 g/mol. The number of Topliss-reactive ketones (excluding diaryl/α,β-unsaturated/α-hetero) is 1. The van der Waals surface area contributed by atoms with Crippen molar-refractivity contribution in [3.05, 3.63) is 0 Å². The van der Waals surface area contributed by atoms with Gasteiger partial charge in [-0.3, -0.25) is 9.59 Å². The molecule has 0 aliphatic carbocycles. The second kappa shape index (κ2) is 17.6. The smallest absolute Gasteiger partial charge is 0.314 e. The molecule has 15 nitrogen and oxygen atoms in total. The van der Waals surface area contributed by atoms with Gasteiger partial charge in [-0.1, -0.05) is 27.7 Å². The number of aliphatic hydroxyl groups excluding tert-OH is 4. The standard InChI is InChI=1S/C37H67NO14/c1-13-25-37(9,46)30(42)20(4)27(40)18(2)15-35(7,45)32(52-34-28(41)24(38(10)11)14-19(3)48-34)21(5)29(23(17-39)33(44)50-25)51-26-16-36(8,47-12)31(43)22(6)49-26/h18-26,28-32,34,39,41-43,45-46H,13-17H2,1-12H3/t18-,19-,20+,21+,22+,23-,24+,25-,26+,28-,29+,30-,31+,32-,34+,35-,36-,37-/m1/s1. The van der Waals surface area contributed by atoms with Crippen molar-refractivity contribution in [2.45, 2.75) is 172 Å². The molecular formula is C37H67NO14. The molecule has 15 heteroatoms. The summed E-state index contributed by atoms with van der Waals surface area (Å²) in [7, 11) is 5.10. The second-order valence-corrected chi connectivity index (χ2v) is 16.5. The number of likely N-dealkylation sites (N-methyl/N-ethyl adjacent to an activating group) is 1. The summed E-state index contributed by atoms with van der Waals surface area (Å²) in [5.41, 5.74) is -5.07. The largest absolute Gasteiger partial charge is 0.459 e. The minimum Gasteiger partial charge on any atom is -0.459 e. The second-order valence-electron chi connectivity index (χ2n) is 16.5. The molecule has 0 unspecified atom stereocenters. The highest BCUT2D eigenvalue weighted by molar-refractivity contribution is 5.83. The molecule has 6 N–H and O–H groups in total. The van der Waals surface area contributed by atoms with Gasteiger partial charge < -0.3 is 64.0 Å². The van der Waals surface area contributed by atoms with Crippen LogP contribution in [0.2, 0.25) is 0 Å². The van der Waals surface area contributed by atoms with Crippen molar-refractivity contribution < 1.29 is 68.6 Å². The van der Waals surface area contributed by atoms with Gasteiger partial charge in [-0.2, -0.15) is 0 Å². The Kier molecular flexibility index (Phi) is 15.3. The highest BCUT2D eigenvalue weighted by atomic mass is 16.7. The van der Waals surface area contributed by atoms with Crippen LogP contribution in [0.5, 0.6) is 0 Å². The molecule has 3 rings (SSSR count). The van der Waals surface area contributed by atoms with Crippen molar-refractivity contribution in [1.82, 2.24) is 4.90 Å². The monoisotopic (exact) mass is 749 g/mol. The lowest BCUT2D eigenvalue weighted by Gasteiger charge is -2.49. The molecule has 3 heterocycles. The van der Waals surface area contributed by atoms with E-state index in [-0.39, 0.29) is 31.4 Å². The number of methoxy groups -OCH3 is 1. The number of carbonyl (C=O) groups is 2. The van der Waals surface area contributed by atoms with Crippen LogP contribution in [0.1, 0.15) is 88.0 Å². The van der Waals surface area contributed by atoms with Gasteiger partial charge in [0.2, 0.25) is 0 Å². The molecule has 0 radical (unpaired) electrons. The number of carbonyl (C=O) groups excluding carboxylic acids is 2. The average Bonchev–Trinajstić information content (AvgIpc) is 3.07. The van der Waals surface area contributed by atoms with Gasteiger partial charge in [0.1, 0.15) is 35.6 Å². The Morgan fingerprint density at radius 3 is 2.08 bits per heavy atom. The maximum Gasteiger partial charge on any atom is 0.314 e. The summed E-state index contributed by atoms with van der Waals surface area (Å²) in [4.78, 5) is 29.8. The summed E-state index contributed by atoms with van der Waals surface area (Å²) >= 11 is 0. The van der Waals surface area contributed by atoms with E-state index in [1.54, 1.807) is 34.6 Å². The topological polar surface area (TPSA) is 214 Å². The molecule has 0 bridgehead atoms. The van der Waals surface area contributed by atoms with Crippen LogP contribution in [0.4, 0.5) is 0 Å².